The average molecular weight is 298 g/mol. The van der Waals surface area contributed by atoms with E-state index in [2.05, 4.69) is 46.9 Å². The summed E-state index contributed by atoms with van der Waals surface area (Å²) in [5.41, 5.74) is -0.778. The molecule has 1 fully saturated rings. The number of hydrogen-bond donors (Lipinski definition) is 1. The number of fused-ring (bicyclic) bond motifs is 1. The molecule has 0 bridgehead atoms. The maximum absolute atomic E-state index is 10.6. The monoisotopic (exact) mass is 298 g/mol. The average Bonchev–Trinajstić information content (AvgIpc) is 2.29. The molecule has 2 rings (SSSR count). The molecule has 20 heavy (non-hydrogen) atoms. The van der Waals surface area contributed by atoms with E-state index in [0.29, 0.717) is 0 Å². The predicted molar refractivity (Wildman–Crippen MR) is 84.3 cm³/mol. The summed E-state index contributed by atoms with van der Waals surface area (Å²) in [7, 11) is -1.78. The van der Waals surface area contributed by atoms with Gasteiger partial charge >= 0.3 is 0 Å². The summed E-state index contributed by atoms with van der Waals surface area (Å²) in [6.07, 6.45) is 6.65. The highest BCUT2D eigenvalue weighted by atomic mass is 28.4. The zero-order chi connectivity index (χ0) is 15.2. The zero-order valence-electron chi connectivity index (χ0n) is 13.8. The van der Waals surface area contributed by atoms with Crippen LogP contribution in [0.15, 0.2) is 12.2 Å². The molecule has 3 nitrogen and oxygen atoms in total. The SMILES string of the molecule is C[C@@H]1CC[C@]2(O)C=C[C@@H](O[Si](C)(C)C(C)(C)C)C[C@@H]2O1. The van der Waals surface area contributed by atoms with Gasteiger partial charge in [-0.1, -0.05) is 32.9 Å². The van der Waals surface area contributed by atoms with Crippen molar-refractivity contribution in [2.24, 2.45) is 0 Å². The van der Waals surface area contributed by atoms with Crippen LogP contribution in [0, 0.1) is 0 Å². The van der Waals surface area contributed by atoms with Crippen molar-refractivity contribution in [3.63, 3.8) is 0 Å². The zero-order valence-corrected chi connectivity index (χ0v) is 14.8. The van der Waals surface area contributed by atoms with Gasteiger partial charge in [0.25, 0.3) is 0 Å². The second-order valence-electron chi connectivity index (χ2n) is 7.98. The van der Waals surface area contributed by atoms with E-state index in [-0.39, 0.29) is 23.4 Å². The van der Waals surface area contributed by atoms with Gasteiger partial charge in [-0.3, -0.25) is 0 Å². The van der Waals surface area contributed by atoms with E-state index >= 15 is 0 Å². The van der Waals surface area contributed by atoms with Crippen LogP contribution in [0.3, 0.4) is 0 Å². The van der Waals surface area contributed by atoms with Crippen LogP contribution in [-0.4, -0.2) is 37.3 Å². The molecule has 0 unspecified atom stereocenters. The van der Waals surface area contributed by atoms with E-state index in [0.717, 1.165) is 19.3 Å². The van der Waals surface area contributed by atoms with Crippen molar-refractivity contribution < 1.29 is 14.3 Å². The number of ether oxygens (including phenoxy) is 1. The molecule has 0 saturated carbocycles. The number of hydrogen-bond acceptors (Lipinski definition) is 3. The fraction of sp³-hybridized carbons (Fsp3) is 0.875. The Hall–Kier alpha value is -0.163. The Morgan fingerprint density at radius 1 is 1.35 bits per heavy atom. The lowest BCUT2D eigenvalue weighted by Crippen LogP contribution is -2.53. The van der Waals surface area contributed by atoms with Crippen molar-refractivity contribution in [2.45, 2.75) is 89.0 Å². The third-order valence-corrected chi connectivity index (χ3v) is 9.71. The minimum Gasteiger partial charge on any atom is -0.410 e. The summed E-state index contributed by atoms with van der Waals surface area (Å²) in [5.74, 6) is 0. The van der Waals surface area contributed by atoms with Crippen LogP contribution in [0.2, 0.25) is 18.1 Å². The molecule has 0 radical (unpaired) electrons. The summed E-state index contributed by atoms with van der Waals surface area (Å²) >= 11 is 0. The summed E-state index contributed by atoms with van der Waals surface area (Å²) in [6.45, 7) is 13.4. The molecule has 0 amide bonds. The third kappa shape index (κ3) is 3.19. The van der Waals surface area contributed by atoms with Gasteiger partial charge in [0.05, 0.1) is 18.3 Å². The second kappa shape index (κ2) is 5.23. The lowest BCUT2D eigenvalue weighted by Gasteiger charge is -2.46. The van der Waals surface area contributed by atoms with Crippen LogP contribution in [-0.2, 0) is 9.16 Å². The Bertz CT molecular complexity index is 386. The van der Waals surface area contributed by atoms with Crippen molar-refractivity contribution in [3.8, 4) is 0 Å². The van der Waals surface area contributed by atoms with Crippen molar-refractivity contribution in [1.29, 1.82) is 0 Å². The number of rotatable bonds is 2. The van der Waals surface area contributed by atoms with Gasteiger partial charge in [-0.2, -0.15) is 0 Å². The molecule has 0 spiro atoms. The Morgan fingerprint density at radius 2 is 2.00 bits per heavy atom. The molecule has 4 atom stereocenters. The molecule has 1 heterocycles. The molecule has 1 N–H and O–H groups in total. The lowest BCUT2D eigenvalue weighted by atomic mass is 9.80. The van der Waals surface area contributed by atoms with Crippen molar-refractivity contribution in [3.05, 3.63) is 12.2 Å². The maximum Gasteiger partial charge on any atom is 0.192 e. The van der Waals surface area contributed by atoms with Gasteiger partial charge in [-0.25, -0.2) is 0 Å². The molecule has 1 aliphatic heterocycles. The van der Waals surface area contributed by atoms with Crippen molar-refractivity contribution in [2.75, 3.05) is 0 Å². The molecular weight excluding hydrogens is 268 g/mol. The maximum atomic E-state index is 10.6. The quantitative estimate of drug-likeness (QED) is 0.625. The van der Waals surface area contributed by atoms with Crippen LogP contribution in [0.4, 0.5) is 0 Å². The molecule has 0 aromatic heterocycles. The molecular formula is C16H30O3Si. The van der Waals surface area contributed by atoms with Gasteiger partial charge in [-0.05, 0) is 37.9 Å². The van der Waals surface area contributed by atoms with Gasteiger partial charge in [0.1, 0.15) is 5.60 Å². The summed E-state index contributed by atoms with van der Waals surface area (Å²) in [6, 6.07) is 0. The Labute approximate surface area is 124 Å². The van der Waals surface area contributed by atoms with Gasteiger partial charge in [0, 0.05) is 6.42 Å². The molecule has 1 saturated heterocycles. The topological polar surface area (TPSA) is 38.7 Å². The van der Waals surface area contributed by atoms with Crippen LogP contribution >= 0.6 is 0 Å². The van der Waals surface area contributed by atoms with Crippen molar-refractivity contribution >= 4 is 8.32 Å². The van der Waals surface area contributed by atoms with E-state index in [1.807, 2.05) is 6.08 Å². The normalized spacial score (nSPS) is 38.6. The van der Waals surface area contributed by atoms with Crippen LogP contribution in [0.25, 0.3) is 0 Å². The molecule has 0 aromatic carbocycles. The number of aliphatic hydroxyl groups is 1. The van der Waals surface area contributed by atoms with Crippen molar-refractivity contribution in [1.82, 2.24) is 0 Å². The second-order valence-corrected chi connectivity index (χ2v) is 12.7. The smallest absolute Gasteiger partial charge is 0.192 e. The fourth-order valence-electron chi connectivity index (χ4n) is 2.72. The van der Waals surface area contributed by atoms with Crippen LogP contribution in [0.5, 0.6) is 0 Å². The van der Waals surface area contributed by atoms with E-state index in [9.17, 15) is 5.11 Å². The van der Waals surface area contributed by atoms with E-state index in [4.69, 9.17) is 9.16 Å². The molecule has 2 aliphatic rings. The van der Waals surface area contributed by atoms with Crippen LogP contribution < -0.4 is 0 Å². The minimum atomic E-state index is -1.78. The first kappa shape index (κ1) is 16.2. The van der Waals surface area contributed by atoms with E-state index in [1.165, 1.54) is 0 Å². The first-order chi connectivity index (χ1) is 9.03. The Balaban J connectivity index is 2.08. The van der Waals surface area contributed by atoms with E-state index in [1.54, 1.807) is 0 Å². The first-order valence-electron chi connectivity index (χ1n) is 7.78. The van der Waals surface area contributed by atoms with Gasteiger partial charge in [-0.15, -0.1) is 0 Å². The first-order valence-corrected chi connectivity index (χ1v) is 10.7. The highest BCUT2D eigenvalue weighted by Gasteiger charge is 2.46. The molecule has 0 aromatic rings. The highest BCUT2D eigenvalue weighted by Crippen LogP contribution is 2.41. The lowest BCUT2D eigenvalue weighted by molar-refractivity contribution is -0.161. The molecule has 116 valence electrons. The predicted octanol–water partition coefficient (Wildman–Crippen LogP) is 3.64. The minimum absolute atomic E-state index is 0.0754. The largest absolute Gasteiger partial charge is 0.410 e. The Morgan fingerprint density at radius 3 is 2.60 bits per heavy atom. The third-order valence-electron chi connectivity index (χ3n) is 5.20. The van der Waals surface area contributed by atoms with Crippen LogP contribution in [0.1, 0.15) is 47.0 Å². The summed E-state index contributed by atoms with van der Waals surface area (Å²) < 4.78 is 12.4. The highest BCUT2D eigenvalue weighted by molar-refractivity contribution is 6.74. The standard InChI is InChI=1S/C16H30O3Si/c1-12-7-9-16(17)10-8-13(11-14(16)18-12)19-20(5,6)15(2,3)4/h8,10,12-14,17H,7,9,11H2,1-6H3/t12-,13-,14+,16+/m1/s1. The molecule has 4 heteroatoms. The Kier molecular flexibility index (Phi) is 4.24. The fourth-order valence-corrected chi connectivity index (χ4v) is 4.00. The summed E-state index contributed by atoms with van der Waals surface area (Å²) in [4.78, 5) is 0. The summed E-state index contributed by atoms with van der Waals surface area (Å²) in [5, 5.41) is 10.8. The van der Waals surface area contributed by atoms with Gasteiger partial charge in [0.2, 0.25) is 0 Å². The van der Waals surface area contributed by atoms with E-state index < -0.39 is 13.9 Å². The van der Waals surface area contributed by atoms with Gasteiger partial charge < -0.3 is 14.3 Å². The van der Waals surface area contributed by atoms with Gasteiger partial charge in [0.15, 0.2) is 8.32 Å². The molecule has 1 aliphatic carbocycles.